The number of halogens is 2. The van der Waals surface area contributed by atoms with Crippen molar-refractivity contribution in [1.29, 1.82) is 0 Å². The molecule has 7 nitrogen and oxygen atoms in total. The van der Waals surface area contributed by atoms with Gasteiger partial charge >= 0.3 is 6.16 Å². The predicted molar refractivity (Wildman–Crippen MR) is 97.1 cm³/mol. The van der Waals surface area contributed by atoms with Crippen LogP contribution in [0.15, 0.2) is 23.1 Å². The third kappa shape index (κ3) is 3.22. The van der Waals surface area contributed by atoms with Crippen LogP contribution in [0.5, 0.6) is 5.75 Å². The van der Waals surface area contributed by atoms with Gasteiger partial charge in [-0.2, -0.15) is 0 Å². The van der Waals surface area contributed by atoms with Crippen LogP contribution in [0.25, 0.3) is 10.9 Å². The Hall–Kier alpha value is -2.32. The Morgan fingerprint density at radius 2 is 2.04 bits per heavy atom. The number of carbonyl (C=O) groups is 1. The summed E-state index contributed by atoms with van der Waals surface area (Å²) >= 11 is 0. The van der Waals surface area contributed by atoms with Gasteiger partial charge in [-0.3, -0.25) is 4.79 Å². The first-order chi connectivity index (χ1) is 11.9. The number of hydrogen-bond acceptors (Lipinski definition) is 5. The first-order valence-electron chi connectivity index (χ1n) is 8.23. The zero-order valence-electron chi connectivity index (χ0n) is 13.9. The van der Waals surface area contributed by atoms with Crippen molar-refractivity contribution in [1.82, 2.24) is 4.57 Å². The maximum atomic E-state index is 14.6. The van der Waals surface area contributed by atoms with E-state index in [0.29, 0.717) is 24.3 Å². The Morgan fingerprint density at radius 1 is 1.31 bits per heavy atom. The van der Waals surface area contributed by atoms with Gasteiger partial charge in [-0.15, -0.1) is 12.4 Å². The molecule has 1 aliphatic carbocycles. The Labute approximate surface area is 154 Å². The van der Waals surface area contributed by atoms with Gasteiger partial charge in [0.2, 0.25) is 5.43 Å². The molecule has 0 spiro atoms. The Bertz CT molecular complexity index is 928. The largest absolute Gasteiger partial charge is 0.511 e. The van der Waals surface area contributed by atoms with E-state index in [1.807, 2.05) is 9.47 Å². The van der Waals surface area contributed by atoms with E-state index in [9.17, 15) is 14.0 Å². The molecule has 1 aliphatic heterocycles. The van der Waals surface area contributed by atoms with Crippen molar-refractivity contribution in [2.24, 2.45) is 5.73 Å². The molecule has 1 saturated heterocycles. The third-order valence-corrected chi connectivity index (χ3v) is 4.77. The van der Waals surface area contributed by atoms with Gasteiger partial charge in [-0.1, -0.05) is 0 Å². The lowest BCUT2D eigenvalue weighted by Crippen LogP contribution is -2.27. The summed E-state index contributed by atoms with van der Waals surface area (Å²) in [6.07, 6.45) is 2.48. The van der Waals surface area contributed by atoms with Crippen molar-refractivity contribution >= 4 is 35.2 Å². The van der Waals surface area contributed by atoms with Crippen molar-refractivity contribution in [3.05, 3.63) is 34.4 Å². The average molecular weight is 384 g/mol. The average Bonchev–Trinajstić information content (AvgIpc) is 3.31. The molecule has 2 fully saturated rings. The van der Waals surface area contributed by atoms with Gasteiger partial charge < -0.3 is 25.0 Å². The highest BCUT2D eigenvalue weighted by Gasteiger charge is 2.28. The minimum atomic E-state index is -1.57. The summed E-state index contributed by atoms with van der Waals surface area (Å²) < 4.78 is 21.0. The molecule has 1 unspecified atom stereocenters. The number of carboxylic acid groups (broad SMARTS) is 1. The lowest BCUT2D eigenvalue weighted by molar-refractivity contribution is 0.143. The second-order valence-electron chi connectivity index (χ2n) is 6.64. The van der Waals surface area contributed by atoms with Crippen LogP contribution in [0.2, 0.25) is 0 Å². The van der Waals surface area contributed by atoms with Crippen LogP contribution >= 0.6 is 12.4 Å². The molecule has 1 atom stereocenters. The first kappa shape index (κ1) is 18.5. The molecule has 0 amide bonds. The van der Waals surface area contributed by atoms with Gasteiger partial charge in [0, 0.05) is 25.2 Å². The van der Waals surface area contributed by atoms with E-state index in [2.05, 4.69) is 4.74 Å². The van der Waals surface area contributed by atoms with Crippen molar-refractivity contribution in [2.75, 3.05) is 18.0 Å². The summed E-state index contributed by atoms with van der Waals surface area (Å²) in [7, 11) is 0. The number of hydrogen-bond donors (Lipinski definition) is 2. The van der Waals surface area contributed by atoms with Gasteiger partial charge in [0.1, 0.15) is 5.82 Å². The fraction of sp³-hybridized carbons (Fsp3) is 0.412. The Morgan fingerprint density at radius 3 is 2.62 bits per heavy atom. The summed E-state index contributed by atoms with van der Waals surface area (Å²) in [5.41, 5.74) is 6.29. The molecule has 0 bridgehead atoms. The van der Waals surface area contributed by atoms with Crippen LogP contribution in [0, 0.1) is 5.82 Å². The minimum Gasteiger partial charge on any atom is -0.449 e. The molecule has 1 aromatic heterocycles. The molecule has 4 rings (SSSR count). The van der Waals surface area contributed by atoms with Crippen LogP contribution in [0.3, 0.4) is 0 Å². The highest BCUT2D eigenvalue weighted by Crippen LogP contribution is 2.39. The highest BCUT2D eigenvalue weighted by molar-refractivity contribution is 5.85. The standard InChI is InChI=1S/C17H18FN3O4.ClH/c18-12-5-11-13(6-14(12)20-4-3-9(19)7-20)21(10-1-2-10)8-15(16(11)22)25-17(23)24;/h5-6,8-10H,1-4,7,19H2,(H,23,24);1H. The fourth-order valence-electron chi connectivity index (χ4n) is 3.40. The normalized spacial score (nSPS) is 19.5. The summed E-state index contributed by atoms with van der Waals surface area (Å²) in [4.78, 5) is 25.2. The second-order valence-corrected chi connectivity index (χ2v) is 6.64. The van der Waals surface area contributed by atoms with Crippen LogP contribution < -0.4 is 20.8 Å². The number of anilines is 1. The number of fused-ring (bicyclic) bond motifs is 1. The van der Waals surface area contributed by atoms with Crippen LogP contribution in [0.1, 0.15) is 25.3 Å². The van der Waals surface area contributed by atoms with E-state index in [1.165, 1.54) is 12.3 Å². The van der Waals surface area contributed by atoms with Gasteiger partial charge in [0.15, 0.2) is 5.75 Å². The van der Waals surface area contributed by atoms with Crippen molar-refractivity contribution < 1.29 is 19.0 Å². The quantitative estimate of drug-likeness (QED) is 0.790. The monoisotopic (exact) mass is 383 g/mol. The van der Waals surface area contributed by atoms with Crippen LogP contribution in [-0.2, 0) is 0 Å². The number of aromatic nitrogens is 1. The number of ether oxygens (including phenoxy) is 1. The van der Waals surface area contributed by atoms with Gasteiger partial charge in [0.25, 0.3) is 0 Å². The molecule has 26 heavy (non-hydrogen) atoms. The summed E-state index contributed by atoms with van der Waals surface area (Å²) in [5, 5.41) is 8.93. The topological polar surface area (TPSA) is 97.8 Å². The van der Waals surface area contributed by atoms with Crippen molar-refractivity contribution in [2.45, 2.75) is 31.3 Å². The number of pyridine rings is 1. The second kappa shape index (κ2) is 6.77. The van der Waals surface area contributed by atoms with Gasteiger partial charge in [-0.25, -0.2) is 9.18 Å². The zero-order valence-corrected chi connectivity index (χ0v) is 14.7. The molecule has 1 saturated carbocycles. The van der Waals surface area contributed by atoms with Crippen molar-refractivity contribution in [3.63, 3.8) is 0 Å². The van der Waals surface area contributed by atoms with E-state index in [0.717, 1.165) is 19.3 Å². The van der Waals surface area contributed by atoms with Crippen LogP contribution in [0.4, 0.5) is 14.9 Å². The summed E-state index contributed by atoms with van der Waals surface area (Å²) in [5.74, 6) is -0.823. The lowest BCUT2D eigenvalue weighted by atomic mass is 10.1. The Balaban J connectivity index is 0.00000196. The number of benzene rings is 1. The van der Waals surface area contributed by atoms with Crippen molar-refractivity contribution in [3.8, 4) is 5.75 Å². The maximum absolute atomic E-state index is 14.6. The summed E-state index contributed by atoms with van der Waals surface area (Å²) in [6.45, 7) is 1.23. The molecule has 0 radical (unpaired) electrons. The third-order valence-electron chi connectivity index (χ3n) is 4.77. The fourth-order valence-corrected chi connectivity index (χ4v) is 3.40. The highest BCUT2D eigenvalue weighted by atomic mass is 35.5. The predicted octanol–water partition coefficient (Wildman–Crippen LogP) is 2.49. The minimum absolute atomic E-state index is 0. The van der Waals surface area contributed by atoms with E-state index in [1.54, 1.807) is 6.07 Å². The van der Waals surface area contributed by atoms with E-state index >= 15 is 0 Å². The maximum Gasteiger partial charge on any atom is 0.511 e. The molecule has 2 aromatic rings. The van der Waals surface area contributed by atoms with Gasteiger partial charge in [0.05, 0.1) is 22.8 Å². The van der Waals surface area contributed by atoms with E-state index in [4.69, 9.17) is 10.8 Å². The SMILES string of the molecule is Cl.NC1CCN(c2cc3c(cc2F)c(=O)c(OC(=O)O)cn3C2CC2)C1. The molecule has 3 N–H and O–H groups in total. The summed E-state index contributed by atoms with van der Waals surface area (Å²) in [6, 6.07) is 3.00. The lowest BCUT2D eigenvalue weighted by Gasteiger charge is -2.21. The zero-order chi connectivity index (χ0) is 17.7. The van der Waals surface area contributed by atoms with Crippen LogP contribution in [-0.4, -0.2) is 35.0 Å². The molecular weight excluding hydrogens is 365 g/mol. The molecular formula is C17H19ClFN3O4. The van der Waals surface area contributed by atoms with Gasteiger partial charge in [-0.05, 0) is 31.4 Å². The first-order valence-corrected chi connectivity index (χ1v) is 8.23. The molecule has 2 heterocycles. The number of nitrogens with zero attached hydrogens (tertiary/aromatic N) is 2. The molecule has 140 valence electrons. The molecule has 1 aromatic carbocycles. The Kier molecular flexibility index (Phi) is 4.81. The van der Waals surface area contributed by atoms with E-state index in [-0.39, 0.29) is 35.6 Å². The number of rotatable bonds is 3. The molecule has 2 aliphatic rings. The molecule has 9 heteroatoms. The van der Waals surface area contributed by atoms with E-state index < -0.39 is 17.4 Å². The number of nitrogens with two attached hydrogens (primary N) is 1. The smallest absolute Gasteiger partial charge is 0.449 e.